The first-order chi connectivity index (χ1) is 14.6. The maximum atomic E-state index is 15.2. The summed E-state index contributed by atoms with van der Waals surface area (Å²) in [5.41, 5.74) is -0.0661. The normalized spacial score (nSPS) is 23.3. The van der Waals surface area contributed by atoms with Crippen molar-refractivity contribution in [1.29, 1.82) is 0 Å². The van der Waals surface area contributed by atoms with Gasteiger partial charge in [-0.25, -0.2) is 18.4 Å². The molecule has 2 aromatic rings. The Labute approximate surface area is 177 Å². The summed E-state index contributed by atoms with van der Waals surface area (Å²) in [6.45, 7) is 0.800. The molecular formula is C20H22F4N4O2S. The molecule has 0 amide bonds. The third-order valence-electron chi connectivity index (χ3n) is 5.80. The van der Waals surface area contributed by atoms with E-state index in [-0.39, 0.29) is 41.6 Å². The van der Waals surface area contributed by atoms with E-state index in [0.717, 1.165) is 18.6 Å². The molecule has 0 spiro atoms. The topological polar surface area (TPSA) is 75.2 Å². The Bertz CT molecular complexity index is 1040. The number of halogens is 4. The van der Waals surface area contributed by atoms with E-state index < -0.39 is 27.4 Å². The van der Waals surface area contributed by atoms with Crippen molar-refractivity contribution in [2.75, 3.05) is 34.8 Å². The first-order valence-electron chi connectivity index (χ1n) is 10.0. The Hall–Kier alpha value is -2.43. The molecule has 2 unspecified atom stereocenters. The molecular weight excluding hydrogens is 436 g/mol. The van der Waals surface area contributed by atoms with E-state index in [1.807, 2.05) is 0 Å². The number of hydrogen-bond donors (Lipinski definition) is 1. The van der Waals surface area contributed by atoms with Crippen molar-refractivity contribution in [1.82, 2.24) is 9.97 Å². The zero-order valence-electron chi connectivity index (χ0n) is 16.6. The van der Waals surface area contributed by atoms with E-state index in [9.17, 15) is 21.6 Å². The van der Waals surface area contributed by atoms with Gasteiger partial charge in [-0.3, -0.25) is 0 Å². The van der Waals surface area contributed by atoms with Crippen LogP contribution in [0.3, 0.4) is 0 Å². The summed E-state index contributed by atoms with van der Waals surface area (Å²) in [7, 11) is -3.03. The van der Waals surface area contributed by atoms with Gasteiger partial charge in [0.1, 0.15) is 6.33 Å². The molecule has 31 heavy (non-hydrogen) atoms. The third-order valence-corrected chi connectivity index (χ3v) is 7.64. The predicted octanol–water partition coefficient (Wildman–Crippen LogP) is 3.82. The molecule has 2 atom stereocenters. The first-order valence-corrected chi connectivity index (χ1v) is 11.8. The fourth-order valence-corrected chi connectivity index (χ4v) is 6.08. The van der Waals surface area contributed by atoms with Gasteiger partial charge in [0.05, 0.1) is 23.1 Å². The lowest BCUT2D eigenvalue weighted by molar-refractivity contribution is -0.137. The second kappa shape index (κ2) is 8.25. The van der Waals surface area contributed by atoms with Crippen molar-refractivity contribution >= 4 is 21.5 Å². The molecule has 1 N–H and O–H groups in total. The van der Waals surface area contributed by atoms with E-state index in [1.165, 1.54) is 18.5 Å². The van der Waals surface area contributed by atoms with Crippen molar-refractivity contribution in [2.45, 2.75) is 31.5 Å². The van der Waals surface area contributed by atoms with Crippen molar-refractivity contribution < 1.29 is 26.0 Å². The van der Waals surface area contributed by atoms with Crippen LogP contribution >= 0.6 is 0 Å². The smallest absolute Gasteiger partial charge is 0.367 e. The molecule has 11 heteroatoms. The number of rotatable bonds is 5. The minimum atomic E-state index is -4.41. The molecule has 6 nitrogen and oxygen atoms in total. The van der Waals surface area contributed by atoms with Gasteiger partial charge < -0.3 is 10.2 Å². The molecule has 2 aliphatic heterocycles. The fourth-order valence-electron chi connectivity index (χ4n) is 4.22. The van der Waals surface area contributed by atoms with Gasteiger partial charge >= 0.3 is 6.18 Å². The lowest BCUT2D eigenvalue weighted by atomic mass is 10.0. The van der Waals surface area contributed by atoms with Crippen LogP contribution in [0.5, 0.6) is 0 Å². The summed E-state index contributed by atoms with van der Waals surface area (Å²) in [5.74, 6) is -0.468. The number of hydrogen-bond acceptors (Lipinski definition) is 6. The van der Waals surface area contributed by atoms with Gasteiger partial charge in [-0.2, -0.15) is 17.6 Å². The second-order valence-electron chi connectivity index (χ2n) is 7.98. The Kier molecular flexibility index (Phi) is 5.80. The van der Waals surface area contributed by atoms with E-state index in [1.54, 1.807) is 4.90 Å². The van der Waals surface area contributed by atoms with Gasteiger partial charge in [0.15, 0.2) is 21.5 Å². The molecule has 3 heterocycles. The molecule has 1 aromatic heterocycles. The summed E-state index contributed by atoms with van der Waals surface area (Å²) >= 11 is 0. The number of alkyl halides is 3. The maximum absolute atomic E-state index is 15.2. The van der Waals surface area contributed by atoms with Gasteiger partial charge in [-0.1, -0.05) is 12.1 Å². The molecule has 0 aliphatic carbocycles. The minimum Gasteiger partial charge on any atom is -0.367 e. The van der Waals surface area contributed by atoms with Crippen LogP contribution in [0.15, 0.2) is 30.6 Å². The molecule has 2 aliphatic rings. The second-order valence-corrected chi connectivity index (χ2v) is 10.2. The number of sulfone groups is 1. The van der Waals surface area contributed by atoms with Crippen LogP contribution in [-0.2, 0) is 16.0 Å². The zero-order chi connectivity index (χ0) is 22.2. The molecule has 1 aromatic carbocycles. The molecule has 2 saturated heterocycles. The van der Waals surface area contributed by atoms with Gasteiger partial charge in [0.2, 0.25) is 5.82 Å². The lowest BCUT2D eigenvalue weighted by Gasteiger charge is -2.27. The zero-order valence-corrected chi connectivity index (χ0v) is 17.4. The molecule has 2 fully saturated rings. The Morgan fingerprint density at radius 2 is 1.87 bits per heavy atom. The van der Waals surface area contributed by atoms with Crippen LogP contribution < -0.4 is 10.2 Å². The van der Waals surface area contributed by atoms with Crippen LogP contribution in [0.4, 0.5) is 29.2 Å². The molecule has 168 valence electrons. The first kappa shape index (κ1) is 21.8. The van der Waals surface area contributed by atoms with Gasteiger partial charge in [-0.05, 0) is 42.9 Å². The average molecular weight is 458 g/mol. The standard InChI is InChI=1S/C20H22F4N4O2S/c21-17-18(25-10-13-7-9-31(29,30)11-13)26-12-27-19(17)28-8-1-2-16(28)14-3-5-15(6-4-14)20(22,23)24/h3-6,12-13,16H,1-2,7-11H2,(H,25,26,27). The van der Waals surface area contributed by atoms with Crippen molar-refractivity contribution in [2.24, 2.45) is 5.92 Å². The summed E-state index contributed by atoms with van der Waals surface area (Å²) < 4.78 is 76.9. The Balaban J connectivity index is 1.51. The van der Waals surface area contributed by atoms with E-state index >= 15 is 4.39 Å². The average Bonchev–Trinajstić information content (AvgIpc) is 3.33. The minimum absolute atomic E-state index is 0.00707. The lowest BCUT2D eigenvalue weighted by Crippen LogP contribution is -2.26. The summed E-state index contributed by atoms with van der Waals surface area (Å²) in [6.07, 6.45) is -1.24. The van der Waals surface area contributed by atoms with Crippen LogP contribution in [0, 0.1) is 11.7 Å². The third kappa shape index (κ3) is 4.76. The van der Waals surface area contributed by atoms with Gasteiger partial charge in [0, 0.05) is 13.1 Å². The van der Waals surface area contributed by atoms with Gasteiger partial charge in [0.25, 0.3) is 0 Å². The van der Waals surface area contributed by atoms with Crippen molar-refractivity contribution in [3.05, 3.63) is 47.5 Å². The van der Waals surface area contributed by atoms with Crippen LogP contribution in [0.25, 0.3) is 0 Å². The van der Waals surface area contributed by atoms with Crippen LogP contribution in [-0.4, -0.2) is 43.0 Å². The predicted molar refractivity (Wildman–Crippen MR) is 108 cm³/mol. The number of aromatic nitrogens is 2. The highest BCUT2D eigenvalue weighted by Crippen LogP contribution is 2.38. The highest BCUT2D eigenvalue weighted by molar-refractivity contribution is 7.91. The van der Waals surface area contributed by atoms with Crippen LogP contribution in [0.2, 0.25) is 0 Å². The highest BCUT2D eigenvalue weighted by atomic mass is 32.2. The van der Waals surface area contributed by atoms with E-state index in [2.05, 4.69) is 15.3 Å². The summed E-state index contributed by atoms with van der Waals surface area (Å²) in [6, 6.07) is 4.62. The van der Waals surface area contributed by atoms with Crippen LogP contribution in [0.1, 0.15) is 36.4 Å². The summed E-state index contributed by atoms with van der Waals surface area (Å²) in [4.78, 5) is 9.77. The SMILES string of the molecule is O=S1(=O)CCC(CNc2ncnc(N3CCCC3c3ccc(C(F)(F)F)cc3)c2F)C1. The number of benzene rings is 1. The largest absolute Gasteiger partial charge is 0.416 e. The van der Waals surface area contributed by atoms with E-state index in [4.69, 9.17) is 0 Å². The van der Waals surface area contributed by atoms with Crippen molar-refractivity contribution in [3.63, 3.8) is 0 Å². The fraction of sp³-hybridized carbons (Fsp3) is 0.500. The number of nitrogens with one attached hydrogen (secondary N) is 1. The summed E-state index contributed by atoms with van der Waals surface area (Å²) in [5, 5.41) is 2.89. The van der Waals surface area contributed by atoms with Crippen molar-refractivity contribution in [3.8, 4) is 0 Å². The molecule has 4 rings (SSSR count). The molecule has 0 bridgehead atoms. The van der Waals surface area contributed by atoms with Gasteiger partial charge in [-0.15, -0.1) is 0 Å². The monoisotopic (exact) mass is 458 g/mol. The number of anilines is 2. The van der Waals surface area contributed by atoms with E-state index in [0.29, 0.717) is 24.9 Å². The number of nitrogens with zero attached hydrogens (tertiary/aromatic N) is 3. The molecule has 0 saturated carbocycles. The highest BCUT2D eigenvalue weighted by Gasteiger charge is 2.33. The quantitative estimate of drug-likeness (QED) is 0.687. The molecule has 0 radical (unpaired) electrons. The Morgan fingerprint density at radius 1 is 1.13 bits per heavy atom. The Morgan fingerprint density at radius 3 is 2.52 bits per heavy atom. The maximum Gasteiger partial charge on any atom is 0.416 e.